The maximum Gasteiger partial charge on any atom is 0.322 e. The summed E-state index contributed by atoms with van der Waals surface area (Å²) in [6.45, 7) is 3.25. The predicted molar refractivity (Wildman–Crippen MR) is 92.5 cm³/mol. The Labute approximate surface area is 145 Å². The number of nitrogens with zero attached hydrogens (tertiary/aromatic N) is 3. The first kappa shape index (κ1) is 16.8. The number of urea groups is 1. The lowest BCUT2D eigenvalue weighted by Crippen LogP contribution is -2.56. The van der Waals surface area contributed by atoms with Crippen molar-refractivity contribution in [3.8, 4) is 5.75 Å². The summed E-state index contributed by atoms with van der Waals surface area (Å²) in [5.74, 6) is 0.661. The van der Waals surface area contributed by atoms with Crippen molar-refractivity contribution in [3.63, 3.8) is 0 Å². The second-order valence-electron chi connectivity index (χ2n) is 5.87. The molecule has 1 aromatic heterocycles. The van der Waals surface area contributed by atoms with Crippen LogP contribution in [0.4, 0.5) is 10.5 Å². The standard InChI is InChI=1S/C17H21N5O3/c1-12-16(23)18-7-8-22(12)17(24)20-14-9-19-21(11-14)10-13-3-5-15(25-2)6-4-13/h3-6,9,11-12H,7-8,10H2,1-2H3,(H,18,23)(H,20,24). The molecule has 1 atom stereocenters. The molecule has 1 aromatic carbocycles. The number of rotatable bonds is 4. The Bertz CT molecular complexity index is 756. The van der Waals surface area contributed by atoms with Crippen molar-refractivity contribution in [1.29, 1.82) is 0 Å². The average Bonchev–Trinajstić information content (AvgIpc) is 3.04. The molecule has 3 rings (SSSR count). The first-order chi connectivity index (χ1) is 12.1. The van der Waals surface area contributed by atoms with Gasteiger partial charge in [-0.3, -0.25) is 9.48 Å². The Balaban J connectivity index is 1.61. The van der Waals surface area contributed by atoms with E-state index in [4.69, 9.17) is 4.74 Å². The zero-order valence-electron chi connectivity index (χ0n) is 14.2. The van der Waals surface area contributed by atoms with Gasteiger partial charge in [0.05, 0.1) is 25.5 Å². The maximum atomic E-state index is 12.3. The number of carbonyl (C=O) groups excluding carboxylic acids is 2. The van der Waals surface area contributed by atoms with Gasteiger partial charge in [0.15, 0.2) is 0 Å². The van der Waals surface area contributed by atoms with Gasteiger partial charge in [0.2, 0.25) is 5.91 Å². The van der Waals surface area contributed by atoms with Crippen LogP contribution in [-0.4, -0.2) is 52.9 Å². The number of ether oxygens (including phenoxy) is 1. The highest BCUT2D eigenvalue weighted by atomic mass is 16.5. The van der Waals surface area contributed by atoms with Gasteiger partial charge in [-0.05, 0) is 24.6 Å². The zero-order valence-corrected chi connectivity index (χ0v) is 14.2. The minimum absolute atomic E-state index is 0.142. The van der Waals surface area contributed by atoms with Gasteiger partial charge in [-0.15, -0.1) is 0 Å². The minimum atomic E-state index is -0.483. The number of anilines is 1. The molecule has 8 heteroatoms. The molecule has 1 aliphatic heterocycles. The summed E-state index contributed by atoms with van der Waals surface area (Å²) in [5, 5.41) is 9.78. The van der Waals surface area contributed by atoms with Gasteiger partial charge < -0.3 is 20.3 Å². The summed E-state index contributed by atoms with van der Waals surface area (Å²) < 4.78 is 6.88. The summed E-state index contributed by atoms with van der Waals surface area (Å²) in [6, 6.07) is 6.93. The van der Waals surface area contributed by atoms with Gasteiger partial charge in [-0.2, -0.15) is 5.10 Å². The quantitative estimate of drug-likeness (QED) is 0.876. The molecule has 3 amide bonds. The number of amides is 3. The normalized spacial score (nSPS) is 17.1. The molecule has 0 radical (unpaired) electrons. The number of hydrogen-bond acceptors (Lipinski definition) is 4. The van der Waals surface area contributed by atoms with Gasteiger partial charge in [-0.25, -0.2) is 4.79 Å². The molecule has 0 aliphatic carbocycles. The zero-order chi connectivity index (χ0) is 17.8. The fraction of sp³-hybridized carbons (Fsp3) is 0.353. The fourth-order valence-corrected chi connectivity index (χ4v) is 2.69. The van der Waals surface area contributed by atoms with Crippen LogP contribution >= 0.6 is 0 Å². The van der Waals surface area contributed by atoms with Gasteiger partial charge in [0, 0.05) is 19.3 Å². The minimum Gasteiger partial charge on any atom is -0.497 e. The molecule has 1 fully saturated rings. The van der Waals surface area contributed by atoms with Crippen LogP contribution in [0.25, 0.3) is 0 Å². The van der Waals surface area contributed by atoms with Crippen LogP contribution in [0.1, 0.15) is 12.5 Å². The number of methoxy groups -OCH3 is 1. The predicted octanol–water partition coefficient (Wildman–Crippen LogP) is 1.29. The molecule has 2 N–H and O–H groups in total. The summed E-state index contributed by atoms with van der Waals surface area (Å²) >= 11 is 0. The summed E-state index contributed by atoms with van der Waals surface area (Å²) in [4.78, 5) is 25.5. The van der Waals surface area contributed by atoms with Crippen molar-refractivity contribution in [3.05, 3.63) is 42.2 Å². The lowest BCUT2D eigenvalue weighted by atomic mass is 10.2. The largest absolute Gasteiger partial charge is 0.497 e. The van der Waals surface area contributed by atoms with Crippen molar-refractivity contribution in [2.24, 2.45) is 0 Å². The molecule has 2 aromatic rings. The fourth-order valence-electron chi connectivity index (χ4n) is 2.69. The SMILES string of the molecule is COc1ccc(Cn2cc(NC(=O)N3CCNC(=O)C3C)cn2)cc1. The second kappa shape index (κ2) is 7.25. The lowest BCUT2D eigenvalue weighted by molar-refractivity contribution is -0.126. The van der Waals surface area contributed by atoms with Crippen LogP contribution in [0, 0.1) is 0 Å². The Morgan fingerprint density at radius 1 is 1.40 bits per heavy atom. The Kier molecular flexibility index (Phi) is 4.87. The van der Waals surface area contributed by atoms with Crippen molar-refractivity contribution in [2.75, 3.05) is 25.5 Å². The van der Waals surface area contributed by atoms with E-state index in [2.05, 4.69) is 15.7 Å². The Morgan fingerprint density at radius 3 is 2.88 bits per heavy atom. The van der Waals surface area contributed by atoms with E-state index in [1.807, 2.05) is 24.3 Å². The third kappa shape index (κ3) is 3.90. The average molecular weight is 343 g/mol. The molecule has 0 saturated carbocycles. The van der Waals surface area contributed by atoms with E-state index in [9.17, 15) is 9.59 Å². The molecule has 0 bridgehead atoms. The van der Waals surface area contributed by atoms with E-state index in [0.29, 0.717) is 25.3 Å². The summed E-state index contributed by atoms with van der Waals surface area (Å²) in [6.07, 6.45) is 3.35. The Morgan fingerprint density at radius 2 is 2.16 bits per heavy atom. The maximum absolute atomic E-state index is 12.3. The number of hydrogen-bond donors (Lipinski definition) is 2. The number of carbonyl (C=O) groups is 2. The van der Waals surface area contributed by atoms with E-state index in [-0.39, 0.29) is 11.9 Å². The van der Waals surface area contributed by atoms with E-state index >= 15 is 0 Å². The molecule has 1 saturated heterocycles. The monoisotopic (exact) mass is 343 g/mol. The van der Waals surface area contributed by atoms with Crippen molar-refractivity contribution >= 4 is 17.6 Å². The van der Waals surface area contributed by atoms with Gasteiger partial charge in [0.25, 0.3) is 0 Å². The number of benzene rings is 1. The molecule has 8 nitrogen and oxygen atoms in total. The second-order valence-corrected chi connectivity index (χ2v) is 5.87. The smallest absolute Gasteiger partial charge is 0.322 e. The van der Waals surface area contributed by atoms with Gasteiger partial charge in [-0.1, -0.05) is 12.1 Å². The third-order valence-corrected chi connectivity index (χ3v) is 4.15. The Hall–Kier alpha value is -3.03. The highest BCUT2D eigenvalue weighted by Crippen LogP contribution is 2.14. The molecular formula is C17H21N5O3. The number of aromatic nitrogens is 2. The van der Waals surface area contributed by atoms with Crippen LogP contribution in [0.15, 0.2) is 36.7 Å². The first-order valence-electron chi connectivity index (χ1n) is 8.07. The van der Waals surface area contributed by atoms with Gasteiger partial charge >= 0.3 is 6.03 Å². The van der Waals surface area contributed by atoms with E-state index in [1.54, 1.807) is 31.1 Å². The van der Waals surface area contributed by atoms with E-state index in [1.165, 1.54) is 4.90 Å². The highest BCUT2D eigenvalue weighted by molar-refractivity contribution is 5.94. The van der Waals surface area contributed by atoms with E-state index < -0.39 is 6.04 Å². The molecular weight excluding hydrogens is 322 g/mol. The summed E-state index contributed by atoms with van der Waals surface area (Å²) in [5.41, 5.74) is 1.67. The van der Waals surface area contributed by atoms with Crippen molar-refractivity contribution < 1.29 is 14.3 Å². The van der Waals surface area contributed by atoms with Crippen LogP contribution in [0.5, 0.6) is 5.75 Å². The van der Waals surface area contributed by atoms with Crippen molar-refractivity contribution in [2.45, 2.75) is 19.5 Å². The molecule has 132 valence electrons. The molecule has 2 heterocycles. The molecule has 0 spiro atoms. The number of piperazine rings is 1. The first-order valence-corrected chi connectivity index (χ1v) is 8.07. The highest BCUT2D eigenvalue weighted by Gasteiger charge is 2.29. The topological polar surface area (TPSA) is 88.5 Å². The van der Waals surface area contributed by atoms with Crippen LogP contribution in [0.3, 0.4) is 0 Å². The summed E-state index contributed by atoms with van der Waals surface area (Å²) in [7, 11) is 1.63. The number of nitrogens with one attached hydrogen (secondary N) is 2. The lowest BCUT2D eigenvalue weighted by Gasteiger charge is -2.32. The van der Waals surface area contributed by atoms with Crippen molar-refractivity contribution in [1.82, 2.24) is 20.0 Å². The van der Waals surface area contributed by atoms with Gasteiger partial charge in [0.1, 0.15) is 11.8 Å². The van der Waals surface area contributed by atoms with Crippen LogP contribution < -0.4 is 15.4 Å². The van der Waals surface area contributed by atoms with Crippen LogP contribution in [0.2, 0.25) is 0 Å². The molecule has 25 heavy (non-hydrogen) atoms. The third-order valence-electron chi connectivity index (χ3n) is 4.15. The van der Waals surface area contributed by atoms with Crippen LogP contribution in [-0.2, 0) is 11.3 Å². The molecule has 1 aliphatic rings. The van der Waals surface area contributed by atoms with E-state index in [0.717, 1.165) is 11.3 Å². The molecule has 1 unspecified atom stereocenters.